The number of hydrogen-bond donors (Lipinski definition) is 0. The standard InChI is InChI=1S/C19H29N3O2/c1-19(2,3)24-18(23)22-14-11-20(12-15-22)10-13-21-9-8-16-6-4-5-7-17(16)21/h4-7H,8-15H2,1-3H3. The molecule has 0 N–H and O–H groups in total. The average Bonchev–Trinajstić information content (AvgIpc) is 2.95. The van der Waals surface area contributed by atoms with E-state index >= 15 is 0 Å². The first-order valence-corrected chi connectivity index (χ1v) is 8.95. The number of piperazine rings is 1. The van der Waals surface area contributed by atoms with Gasteiger partial charge in [-0.25, -0.2) is 4.79 Å². The van der Waals surface area contributed by atoms with E-state index in [2.05, 4.69) is 34.1 Å². The molecule has 0 saturated carbocycles. The van der Waals surface area contributed by atoms with Crippen LogP contribution < -0.4 is 4.90 Å². The van der Waals surface area contributed by atoms with Crippen molar-refractivity contribution in [2.75, 3.05) is 50.7 Å². The highest BCUT2D eigenvalue weighted by Crippen LogP contribution is 2.27. The summed E-state index contributed by atoms with van der Waals surface area (Å²) in [6.45, 7) is 12.3. The van der Waals surface area contributed by atoms with Gasteiger partial charge in [0.15, 0.2) is 0 Å². The summed E-state index contributed by atoms with van der Waals surface area (Å²) >= 11 is 0. The second kappa shape index (κ2) is 7.01. The Kier molecular flexibility index (Phi) is 4.99. The van der Waals surface area contributed by atoms with Crippen LogP contribution in [0.1, 0.15) is 26.3 Å². The third-order valence-electron chi connectivity index (χ3n) is 4.69. The van der Waals surface area contributed by atoms with Gasteiger partial charge < -0.3 is 14.5 Å². The summed E-state index contributed by atoms with van der Waals surface area (Å²) in [7, 11) is 0. The number of anilines is 1. The third-order valence-corrected chi connectivity index (χ3v) is 4.69. The Morgan fingerprint density at radius 2 is 1.75 bits per heavy atom. The minimum absolute atomic E-state index is 0.185. The summed E-state index contributed by atoms with van der Waals surface area (Å²) < 4.78 is 5.45. The summed E-state index contributed by atoms with van der Waals surface area (Å²) in [5.74, 6) is 0. The van der Waals surface area contributed by atoms with Crippen molar-refractivity contribution in [1.29, 1.82) is 0 Å². The number of benzene rings is 1. The van der Waals surface area contributed by atoms with E-state index in [-0.39, 0.29) is 6.09 Å². The van der Waals surface area contributed by atoms with Crippen LogP contribution in [0.2, 0.25) is 0 Å². The Labute approximate surface area is 145 Å². The molecule has 1 amide bonds. The van der Waals surface area contributed by atoms with E-state index in [1.165, 1.54) is 11.3 Å². The Balaban J connectivity index is 1.43. The number of ether oxygens (including phenoxy) is 1. The molecule has 2 aliphatic heterocycles. The number of amides is 1. The van der Waals surface area contributed by atoms with Gasteiger partial charge in [-0.3, -0.25) is 4.90 Å². The van der Waals surface area contributed by atoms with Crippen molar-refractivity contribution in [2.45, 2.75) is 32.8 Å². The van der Waals surface area contributed by atoms with Gasteiger partial charge in [0.05, 0.1) is 0 Å². The Morgan fingerprint density at radius 3 is 2.46 bits per heavy atom. The van der Waals surface area contributed by atoms with Gasteiger partial charge in [0, 0.05) is 51.5 Å². The van der Waals surface area contributed by atoms with E-state index in [1.807, 2.05) is 25.7 Å². The average molecular weight is 331 g/mol. The van der Waals surface area contributed by atoms with Crippen molar-refractivity contribution in [3.8, 4) is 0 Å². The molecule has 3 rings (SSSR count). The van der Waals surface area contributed by atoms with Gasteiger partial charge >= 0.3 is 6.09 Å². The van der Waals surface area contributed by atoms with Crippen LogP contribution in [0.3, 0.4) is 0 Å². The molecule has 1 aromatic rings. The number of carbonyl (C=O) groups is 1. The van der Waals surface area contributed by atoms with E-state index < -0.39 is 5.60 Å². The zero-order valence-electron chi connectivity index (χ0n) is 15.1. The van der Waals surface area contributed by atoms with Crippen molar-refractivity contribution in [3.05, 3.63) is 29.8 Å². The fourth-order valence-corrected chi connectivity index (χ4v) is 3.38. The quantitative estimate of drug-likeness (QED) is 0.853. The highest BCUT2D eigenvalue weighted by molar-refractivity contribution is 5.68. The first-order chi connectivity index (χ1) is 11.4. The van der Waals surface area contributed by atoms with Crippen molar-refractivity contribution in [3.63, 3.8) is 0 Å². The van der Waals surface area contributed by atoms with Crippen LogP contribution >= 0.6 is 0 Å². The summed E-state index contributed by atoms with van der Waals surface area (Å²) in [5, 5.41) is 0. The largest absolute Gasteiger partial charge is 0.444 e. The summed E-state index contributed by atoms with van der Waals surface area (Å²) in [6, 6.07) is 8.70. The summed E-state index contributed by atoms with van der Waals surface area (Å²) in [4.78, 5) is 18.9. The smallest absolute Gasteiger partial charge is 0.410 e. The van der Waals surface area contributed by atoms with Gasteiger partial charge in [-0.05, 0) is 38.8 Å². The molecule has 5 nitrogen and oxygen atoms in total. The van der Waals surface area contributed by atoms with E-state index in [4.69, 9.17) is 4.74 Å². The minimum atomic E-state index is -0.419. The molecule has 0 spiro atoms. The molecule has 0 bridgehead atoms. The van der Waals surface area contributed by atoms with Gasteiger partial charge in [-0.1, -0.05) is 18.2 Å². The molecule has 132 valence electrons. The number of rotatable bonds is 3. The third kappa shape index (κ3) is 4.20. The monoisotopic (exact) mass is 331 g/mol. The molecular weight excluding hydrogens is 302 g/mol. The Morgan fingerprint density at radius 1 is 1.04 bits per heavy atom. The normalized spacial score (nSPS) is 18.6. The van der Waals surface area contributed by atoms with Crippen molar-refractivity contribution < 1.29 is 9.53 Å². The maximum Gasteiger partial charge on any atom is 0.410 e. The van der Waals surface area contributed by atoms with Crippen LogP contribution in [0.5, 0.6) is 0 Å². The van der Waals surface area contributed by atoms with Gasteiger partial charge in [0.1, 0.15) is 5.60 Å². The number of carbonyl (C=O) groups excluding carboxylic acids is 1. The minimum Gasteiger partial charge on any atom is -0.444 e. The van der Waals surface area contributed by atoms with Crippen molar-refractivity contribution in [2.24, 2.45) is 0 Å². The predicted molar refractivity (Wildman–Crippen MR) is 96.6 cm³/mol. The predicted octanol–water partition coefficient (Wildman–Crippen LogP) is 2.60. The number of para-hydroxylation sites is 1. The first-order valence-electron chi connectivity index (χ1n) is 8.95. The molecule has 1 aromatic carbocycles. The second-order valence-corrected chi connectivity index (χ2v) is 7.67. The van der Waals surface area contributed by atoms with Gasteiger partial charge in [-0.15, -0.1) is 0 Å². The molecule has 2 heterocycles. The second-order valence-electron chi connectivity index (χ2n) is 7.67. The maximum atomic E-state index is 12.1. The number of hydrogen-bond acceptors (Lipinski definition) is 4. The molecule has 0 unspecified atom stereocenters. The van der Waals surface area contributed by atoms with Gasteiger partial charge in [-0.2, -0.15) is 0 Å². The lowest BCUT2D eigenvalue weighted by atomic mass is 10.2. The maximum absolute atomic E-state index is 12.1. The van der Waals surface area contributed by atoms with Crippen LogP contribution in [-0.4, -0.2) is 67.3 Å². The molecule has 2 aliphatic rings. The first kappa shape index (κ1) is 17.1. The van der Waals surface area contributed by atoms with Gasteiger partial charge in [0.2, 0.25) is 0 Å². The summed E-state index contributed by atoms with van der Waals surface area (Å²) in [6.07, 6.45) is 0.971. The molecule has 1 saturated heterocycles. The van der Waals surface area contributed by atoms with Crippen LogP contribution in [0.25, 0.3) is 0 Å². The van der Waals surface area contributed by atoms with Gasteiger partial charge in [0.25, 0.3) is 0 Å². The van der Waals surface area contributed by atoms with E-state index in [9.17, 15) is 4.79 Å². The zero-order valence-corrected chi connectivity index (χ0v) is 15.1. The SMILES string of the molecule is CC(C)(C)OC(=O)N1CCN(CCN2CCc3ccccc32)CC1. The fraction of sp³-hybridized carbons (Fsp3) is 0.632. The molecule has 24 heavy (non-hydrogen) atoms. The fourth-order valence-electron chi connectivity index (χ4n) is 3.38. The van der Waals surface area contributed by atoms with Crippen LogP contribution in [0, 0.1) is 0 Å². The molecule has 0 atom stereocenters. The topological polar surface area (TPSA) is 36.0 Å². The lowest BCUT2D eigenvalue weighted by Gasteiger charge is -2.36. The Hall–Kier alpha value is -1.75. The number of nitrogens with zero attached hydrogens (tertiary/aromatic N) is 3. The summed E-state index contributed by atoms with van der Waals surface area (Å²) in [5.41, 5.74) is 2.44. The molecular formula is C19H29N3O2. The Bertz CT molecular complexity index is 574. The van der Waals surface area contributed by atoms with E-state index in [0.29, 0.717) is 0 Å². The highest BCUT2D eigenvalue weighted by Gasteiger charge is 2.26. The lowest BCUT2D eigenvalue weighted by Crippen LogP contribution is -2.51. The van der Waals surface area contributed by atoms with E-state index in [0.717, 1.165) is 52.2 Å². The molecule has 0 aliphatic carbocycles. The van der Waals surface area contributed by atoms with E-state index in [1.54, 1.807) is 0 Å². The number of fused-ring (bicyclic) bond motifs is 1. The lowest BCUT2D eigenvalue weighted by molar-refractivity contribution is 0.0147. The van der Waals surface area contributed by atoms with Crippen molar-refractivity contribution in [1.82, 2.24) is 9.80 Å². The van der Waals surface area contributed by atoms with Crippen molar-refractivity contribution >= 4 is 11.8 Å². The van der Waals surface area contributed by atoms with Crippen LogP contribution in [0.4, 0.5) is 10.5 Å². The molecule has 0 aromatic heterocycles. The van der Waals surface area contributed by atoms with Crippen LogP contribution in [-0.2, 0) is 11.2 Å². The molecule has 5 heteroatoms. The zero-order chi connectivity index (χ0) is 17.2. The molecule has 0 radical (unpaired) electrons. The highest BCUT2D eigenvalue weighted by atomic mass is 16.6. The van der Waals surface area contributed by atoms with Crippen LogP contribution in [0.15, 0.2) is 24.3 Å². The molecule has 1 fully saturated rings.